The average Bonchev–Trinajstić information content (AvgIpc) is 2.54. The van der Waals surface area contributed by atoms with Crippen LogP contribution in [-0.2, 0) is 4.74 Å². The number of benzene rings is 2. The number of anilines is 1. The molecular weight excluding hydrogens is 377 g/mol. The highest BCUT2D eigenvalue weighted by Crippen LogP contribution is 2.19. The molecule has 0 radical (unpaired) electrons. The number of rotatable bonds is 3. The fourth-order valence-corrected chi connectivity index (χ4v) is 2.11. The third-order valence-electron chi connectivity index (χ3n) is 3.27. The second kappa shape index (κ2) is 8.12. The van der Waals surface area contributed by atoms with Crippen molar-refractivity contribution >= 4 is 23.6 Å². The summed E-state index contributed by atoms with van der Waals surface area (Å²) >= 11 is 0. The standard InChI is InChI=1S/C19H17F3N2O4/c1-19(2,3)28-17(26)10-7-8-14(13(22)9-10)23-18(27)24-16(25)15-11(20)5-4-6-12(15)21/h4-9H,1-3H3,(H2,23,24,25,27). The van der Waals surface area contributed by atoms with Gasteiger partial charge < -0.3 is 10.1 Å². The van der Waals surface area contributed by atoms with Crippen molar-refractivity contribution in [2.45, 2.75) is 26.4 Å². The first kappa shape index (κ1) is 20.9. The van der Waals surface area contributed by atoms with E-state index in [9.17, 15) is 27.6 Å². The van der Waals surface area contributed by atoms with Crippen LogP contribution in [-0.4, -0.2) is 23.5 Å². The van der Waals surface area contributed by atoms with E-state index in [1.807, 2.05) is 5.32 Å². The van der Waals surface area contributed by atoms with Crippen molar-refractivity contribution in [3.05, 3.63) is 65.0 Å². The zero-order valence-corrected chi connectivity index (χ0v) is 15.2. The molecule has 0 aliphatic carbocycles. The van der Waals surface area contributed by atoms with Crippen LogP contribution in [0.3, 0.4) is 0 Å². The van der Waals surface area contributed by atoms with Gasteiger partial charge in [0.2, 0.25) is 0 Å². The summed E-state index contributed by atoms with van der Waals surface area (Å²) in [5.74, 6) is -5.37. The van der Waals surface area contributed by atoms with Crippen LogP contribution in [0.5, 0.6) is 0 Å². The van der Waals surface area contributed by atoms with E-state index in [1.54, 1.807) is 26.1 Å². The number of ether oxygens (including phenoxy) is 1. The summed E-state index contributed by atoms with van der Waals surface area (Å²) in [6.07, 6.45) is 0. The molecule has 0 saturated carbocycles. The van der Waals surface area contributed by atoms with E-state index in [0.717, 1.165) is 30.3 Å². The maximum absolute atomic E-state index is 14.1. The summed E-state index contributed by atoms with van der Waals surface area (Å²) in [4.78, 5) is 35.6. The van der Waals surface area contributed by atoms with Crippen LogP contribution in [0.4, 0.5) is 23.7 Å². The Bertz CT molecular complexity index is 919. The quantitative estimate of drug-likeness (QED) is 0.770. The molecule has 0 aromatic heterocycles. The predicted molar refractivity (Wildman–Crippen MR) is 94.4 cm³/mol. The minimum atomic E-state index is -1.33. The number of imide groups is 1. The molecule has 0 aliphatic heterocycles. The Morgan fingerprint density at radius 2 is 1.54 bits per heavy atom. The molecule has 0 spiro atoms. The maximum atomic E-state index is 14.1. The van der Waals surface area contributed by atoms with Crippen LogP contribution in [0, 0.1) is 17.5 Å². The summed E-state index contributed by atoms with van der Waals surface area (Å²) < 4.78 is 46.3. The third-order valence-corrected chi connectivity index (χ3v) is 3.27. The molecule has 2 rings (SSSR count). The molecule has 2 aromatic rings. The van der Waals surface area contributed by atoms with Crippen LogP contribution in [0.15, 0.2) is 36.4 Å². The summed E-state index contributed by atoms with van der Waals surface area (Å²) in [6, 6.07) is 4.70. The summed E-state index contributed by atoms with van der Waals surface area (Å²) in [5, 5.41) is 3.72. The molecule has 0 unspecified atom stereocenters. The second-order valence-electron chi connectivity index (χ2n) is 6.70. The maximum Gasteiger partial charge on any atom is 0.338 e. The Morgan fingerprint density at radius 3 is 2.07 bits per heavy atom. The smallest absolute Gasteiger partial charge is 0.338 e. The average molecular weight is 394 g/mol. The monoisotopic (exact) mass is 394 g/mol. The first-order chi connectivity index (χ1) is 13.0. The van der Waals surface area contributed by atoms with Crippen LogP contribution in [0.25, 0.3) is 0 Å². The zero-order valence-electron chi connectivity index (χ0n) is 15.2. The Hall–Kier alpha value is -3.36. The van der Waals surface area contributed by atoms with Crippen molar-refractivity contribution in [3.8, 4) is 0 Å². The number of nitrogens with one attached hydrogen (secondary N) is 2. The van der Waals surface area contributed by atoms with Gasteiger partial charge in [0.1, 0.15) is 28.6 Å². The number of urea groups is 1. The second-order valence-corrected chi connectivity index (χ2v) is 6.70. The van der Waals surface area contributed by atoms with Gasteiger partial charge in [0, 0.05) is 0 Å². The molecule has 0 saturated heterocycles. The number of hydrogen-bond acceptors (Lipinski definition) is 4. The Balaban J connectivity index is 2.08. The van der Waals surface area contributed by atoms with Gasteiger partial charge in [-0.15, -0.1) is 0 Å². The highest BCUT2D eigenvalue weighted by Gasteiger charge is 2.21. The summed E-state index contributed by atoms with van der Waals surface area (Å²) in [7, 11) is 0. The largest absolute Gasteiger partial charge is 0.456 e. The van der Waals surface area contributed by atoms with Gasteiger partial charge in [0.05, 0.1) is 11.3 Å². The van der Waals surface area contributed by atoms with Gasteiger partial charge in [-0.3, -0.25) is 10.1 Å². The third kappa shape index (κ3) is 5.32. The number of carbonyl (C=O) groups excluding carboxylic acids is 3. The number of halogens is 3. The van der Waals surface area contributed by atoms with Gasteiger partial charge in [0.15, 0.2) is 0 Å². The fraction of sp³-hybridized carbons (Fsp3) is 0.211. The highest BCUT2D eigenvalue weighted by atomic mass is 19.1. The van der Waals surface area contributed by atoms with Gasteiger partial charge in [-0.1, -0.05) is 6.07 Å². The summed E-state index contributed by atoms with van der Waals surface area (Å²) in [5.41, 5.74) is -2.15. The van der Waals surface area contributed by atoms with E-state index in [1.165, 1.54) is 6.07 Å². The lowest BCUT2D eigenvalue weighted by Gasteiger charge is -2.19. The predicted octanol–water partition coefficient (Wildman–Crippen LogP) is 4.02. The van der Waals surface area contributed by atoms with E-state index in [0.29, 0.717) is 0 Å². The van der Waals surface area contributed by atoms with Crippen molar-refractivity contribution in [2.24, 2.45) is 0 Å². The minimum absolute atomic E-state index is 0.0807. The first-order valence-electron chi connectivity index (χ1n) is 8.07. The molecule has 2 N–H and O–H groups in total. The number of carbonyl (C=O) groups is 3. The molecule has 6 nitrogen and oxygen atoms in total. The van der Waals surface area contributed by atoms with Gasteiger partial charge in [-0.2, -0.15) is 0 Å². The fourth-order valence-electron chi connectivity index (χ4n) is 2.11. The van der Waals surface area contributed by atoms with E-state index in [-0.39, 0.29) is 11.3 Å². The lowest BCUT2D eigenvalue weighted by Crippen LogP contribution is -2.35. The summed E-state index contributed by atoms with van der Waals surface area (Å²) in [6.45, 7) is 4.95. The molecule has 0 aliphatic rings. The van der Waals surface area contributed by atoms with Crippen LogP contribution < -0.4 is 10.6 Å². The van der Waals surface area contributed by atoms with Gasteiger partial charge in [-0.05, 0) is 51.1 Å². The molecule has 28 heavy (non-hydrogen) atoms. The Kier molecular flexibility index (Phi) is 6.07. The normalized spacial score (nSPS) is 10.9. The molecule has 148 valence electrons. The molecule has 2 aromatic carbocycles. The van der Waals surface area contributed by atoms with Crippen molar-refractivity contribution < 1.29 is 32.3 Å². The van der Waals surface area contributed by atoms with Crippen LogP contribution >= 0.6 is 0 Å². The molecule has 0 fully saturated rings. The van der Waals surface area contributed by atoms with Gasteiger partial charge in [-0.25, -0.2) is 22.8 Å². The van der Waals surface area contributed by atoms with Gasteiger partial charge >= 0.3 is 12.0 Å². The SMILES string of the molecule is CC(C)(C)OC(=O)c1ccc(NC(=O)NC(=O)c2c(F)cccc2F)c(F)c1. The van der Waals surface area contributed by atoms with Crippen molar-refractivity contribution in [2.75, 3.05) is 5.32 Å². The van der Waals surface area contributed by atoms with Crippen molar-refractivity contribution in [3.63, 3.8) is 0 Å². The van der Waals surface area contributed by atoms with Crippen LogP contribution in [0.2, 0.25) is 0 Å². The zero-order chi connectivity index (χ0) is 21.1. The van der Waals surface area contributed by atoms with Crippen LogP contribution in [0.1, 0.15) is 41.5 Å². The number of amides is 3. The first-order valence-corrected chi connectivity index (χ1v) is 8.07. The van der Waals surface area contributed by atoms with E-state index >= 15 is 0 Å². The lowest BCUT2D eigenvalue weighted by atomic mass is 10.1. The number of esters is 1. The molecular formula is C19H17F3N2O4. The van der Waals surface area contributed by atoms with E-state index < -0.39 is 46.5 Å². The number of hydrogen-bond donors (Lipinski definition) is 2. The lowest BCUT2D eigenvalue weighted by molar-refractivity contribution is 0.00689. The minimum Gasteiger partial charge on any atom is -0.456 e. The van der Waals surface area contributed by atoms with E-state index in [4.69, 9.17) is 4.74 Å². The van der Waals surface area contributed by atoms with Gasteiger partial charge in [0.25, 0.3) is 5.91 Å². The highest BCUT2D eigenvalue weighted by molar-refractivity contribution is 6.08. The molecule has 0 bridgehead atoms. The van der Waals surface area contributed by atoms with Crippen molar-refractivity contribution in [1.82, 2.24) is 5.32 Å². The molecule has 9 heteroatoms. The Morgan fingerprint density at radius 1 is 0.929 bits per heavy atom. The Labute approximate surface area is 158 Å². The van der Waals surface area contributed by atoms with E-state index in [2.05, 4.69) is 0 Å². The van der Waals surface area contributed by atoms with Crippen molar-refractivity contribution in [1.29, 1.82) is 0 Å². The molecule has 0 heterocycles. The molecule has 3 amide bonds. The molecule has 0 atom stereocenters. The topological polar surface area (TPSA) is 84.5 Å².